The number of ether oxygens (including phenoxy) is 1. The third-order valence-corrected chi connectivity index (χ3v) is 3.60. The van der Waals surface area contributed by atoms with Gasteiger partial charge in [-0.1, -0.05) is 0 Å². The zero-order chi connectivity index (χ0) is 16.8. The monoisotopic (exact) mass is 310 g/mol. The summed E-state index contributed by atoms with van der Waals surface area (Å²) in [5.74, 6) is 0.434. The van der Waals surface area contributed by atoms with E-state index in [9.17, 15) is 4.79 Å². The molecule has 2 heterocycles. The fourth-order valence-corrected chi connectivity index (χ4v) is 1.80. The van der Waals surface area contributed by atoms with E-state index in [2.05, 4.69) is 10.3 Å². The van der Waals surface area contributed by atoms with Gasteiger partial charge in [-0.2, -0.15) is 0 Å². The molecule has 1 fully saturated rings. The summed E-state index contributed by atoms with van der Waals surface area (Å²) in [6.45, 7) is 13.1. The highest BCUT2D eigenvalue weighted by Crippen LogP contribution is 2.36. The number of hydrogen-bond donors (Lipinski definition) is 1. The molecule has 1 saturated heterocycles. The molecule has 1 aromatic heterocycles. The summed E-state index contributed by atoms with van der Waals surface area (Å²) in [7, 11) is -0.709. The third-order valence-electron chi connectivity index (χ3n) is 3.60. The van der Waals surface area contributed by atoms with Crippen molar-refractivity contribution in [2.24, 2.45) is 0 Å². The molecule has 0 aromatic carbocycles. The second kappa shape index (κ2) is 5.28. The summed E-state index contributed by atoms with van der Waals surface area (Å²) < 4.78 is 22.3. The van der Waals surface area contributed by atoms with Crippen molar-refractivity contribution >= 4 is 24.9 Å². The summed E-state index contributed by atoms with van der Waals surface area (Å²) in [6.07, 6.45) is 0.786. The second-order valence-corrected chi connectivity index (χ2v) is 7.28. The van der Waals surface area contributed by atoms with E-state index < -0.39 is 30.0 Å². The molecule has 1 N–H and O–H groups in total. The molecule has 0 aliphatic carbocycles. The van der Waals surface area contributed by atoms with Crippen LogP contribution in [0, 0.1) is 0 Å². The Balaban J connectivity index is 2.03. The van der Waals surface area contributed by atoms with Crippen molar-refractivity contribution in [3.05, 3.63) is 6.20 Å². The third kappa shape index (κ3) is 3.62. The van der Waals surface area contributed by atoms with Crippen LogP contribution in [-0.4, -0.2) is 35.0 Å². The number of anilines is 1. The maximum absolute atomic E-state index is 11.7. The molecule has 1 aliphatic heterocycles. The van der Waals surface area contributed by atoms with Crippen molar-refractivity contribution in [1.82, 2.24) is 4.98 Å². The van der Waals surface area contributed by atoms with Crippen molar-refractivity contribution in [2.75, 3.05) is 5.32 Å². The van der Waals surface area contributed by atoms with Gasteiger partial charge in [-0.25, -0.2) is 9.78 Å². The molecule has 7 nitrogen and oxygen atoms in total. The molecular formula is C14H23BN2O5. The van der Waals surface area contributed by atoms with Gasteiger partial charge in [0.25, 0.3) is 0 Å². The predicted octanol–water partition coefficient (Wildman–Crippen LogP) is 2.32. The van der Waals surface area contributed by atoms with Crippen molar-refractivity contribution in [3.8, 4) is 0 Å². The highest BCUT2D eigenvalue weighted by atomic mass is 16.7. The van der Waals surface area contributed by atoms with Crippen LogP contribution in [0.3, 0.4) is 0 Å². The number of nitrogens with zero attached hydrogens (tertiary/aromatic N) is 1. The summed E-state index contributed by atoms with van der Waals surface area (Å²) in [4.78, 5) is 15.8. The van der Waals surface area contributed by atoms with Crippen molar-refractivity contribution in [3.63, 3.8) is 0 Å². The van der Waals surface area contributed by atoms with E-state index in [-0.39, 0.29) is 11.7 Å². The molecule has 1 aliphatic rings. The van der Waals surface area contributed by atoms with Crippen LogP contribution in [0.1, 0.15) is 48.5 Å². The average molecular weight is 310 g/mol. The minimum absolute atomic E-state index is 0.180. The molecule has 2 rings (SSSR count). The van der Waals surface area contributed by atoms with Gasteiger partial charge in [0, 0.05) is 0 Å². The van der Waals surface area contributed by atoms with Crippen molar-refractivity contribution in [1.29, 1.82) is 0 Å². The maximum Gasteiger partial charge on any atom is 0.554 e. The Hall–Kier alpha value is -1.54. The number of hydrogen-bond acceptors (Lipinski definition) is 6. The van der Waals surface area contributed by atoms with E-state index >= 15 is 0 Å². The van der Waals surface area contributed by atoms with E-state index in [0.717, 1.165) is 0 Å². The fraction of sp³-hybridized carbons (Fsp3) is 0.714. The SMILES string of the molecule is CC(C)(C)OC(=O)Nc1cnc(B2OC(C)(C)C(C)(C)O2)o1. The molecule has 0 unspecified atom stereocenters. The Kier molecular flexibility index (Phi) is 4.04. The average Bonchev–Trinajstić information content (AvgIpc) is 2.79. The minimum Gasteiger partial charge on any atom is -0.444 e. The zero-order valence-corrected chi connectivity index (χ0v) is 14.1. The first-order chi connectivity index (χ1) is 9.90. The first-order valence-corrected chi connectivity index (χ1v) is 7.21. The molecule has 0 spiro atoms. The van der Waals surface area contributed by atoms with E-state index in [0.29, 0.717) is 0 Å². The lowest BCUT2D eigenvalue weighted by Gasteiger charge is -2.32. The Labute approximate surface area is 130 Å². The number of rotatable bonds is 2. The largest absolute Gasteiger partial charge is 0.554 e. The minimum atomic E-state index is -0.709. The van der Waals surface area contributed by atoms with Gasteiger partial charge < -0.3 is 18.5 Å². The fourth-order valence-electron chi connectivity index (χ4n) is 1.80. The van der Waals surface area contributed by atoms with Crippen LogP contribution in [0.2, 0.25) is 0 Å². The normalized spacial score (nSPS) is 20.0. The molecule has 0 saturated carbocycles. The van der Waals surface area contributed by atoms with Crippen LogP contribution < -0.4 is 11.1 Å². The smallest absolute Gasteiger partial charge is 0.444 e. The van der Waals surface area contributed by atoms with Gasteiger partial charge in [0.1, 0.15) is 5.60 Å². The maximum atomic E-state index is 11.7. The van der Waals surface area contributed by atoms with Crippen LogP contribution in [0.15, 0.2) is 10.6 Å². The highest BCUT2D eigenvalue weighted by Gasteiger charge is 2.53. The zero-order valence-electron chi connectivity index (χ0n) is 14.1. The van der Waals surface area contributed by atoms with Gasteiger partial charge in [0.2, 0.25) is 11.7 Å². The summed E-state index contributed by atoms with van der Waals surface area (Å²) in [6, 6.07) is 0. The highest BCUT2D eigenvalue weighted by molar-refractivity contribution is 6.59. The molecule has 0 radical (unpaired) electrons. The van der Waals surface area contributed by atoms with Gasteiger partial charge in [-0.05, 0) is 48.5 Å². The quantitative estimate of drug-likeness (QED) is 0.844. The number of nitrogens with one attached hydrogen (secondary N) is 1. The van der Waals surface area contributed by atoms with E-state index in [1.54, 1.807) is 20.8 Å². The number of carbonyl (C=O) groups is 1. The Morgan fingerprint density at radius 2 is 1.77 bits per heavy atom. The summed E-state index contributed by atoms with van der Waals surface area (Å²) in [5.41, 5.74) is -1.55. The standard InChI is InChI=1S/C14H23BN2O5/c1-12(2,3)20-11(18)17-9-8-16-10(19-9)15-21-13(4,5)14(6,7)22-15/h8H,1-7H3,(H,17,18). The Morgan fingerprint density at radius 1 is 1.23 bits per heavy atom. The number of amides is 1. The van der Waals surface area contributed by atoms with Gasteiger partial charge in [-0.15, -0.1) is 0 Å². The van der Waals surface area contributed by atoms with E-state index in [4.69, 9.17) is 18.5 Å². The van der Waals surface area contributed by atoms with Crippen LogP contribution in [0.5, 0.6) is 0 Å². The predicted molar refractivity (Wildman–Crippen MR) is 82.1 cm³/mol. The molecule has 0 atom stereocenters. The van der Waals surface area contributed by atoms with Crippen molar-refractivity contribution in [2.45, 2.75) is 65.3 Å². The lowest BCUT2D eigenvalue weighted by molar-refractivity contribution is 0.00578. The lowest BCUT2D eigenvalue weighted by atomic mass is 9.90. The van der Waals surface area contributed by atoms with Crippen LogP contribution in [-0.2, 0) is 14.0 Å². The Morgan fingerprint density at radius 3 is 2.27 bits per heavy atom. The first-order valence-electron chi connectivity index (χ1n) is 7.21. The van der Waals surface area contributed by atoms with Gasteiger partial charge in [0.15, 0.2) is 0 Å². The van der Waals surface area contributed by atoms with Gasteiger partial charge in [-0.3, -0.25) is 5.32 Å². The van der Waals surface area contributed by atoms with Crippen molar-refractivity contribution < 1.29 is 23.3 Å². The Bertz CT molecular complexity index is 546. The van der Waals surface area contributed by atoms with Gasteiger partial charge >= 0.3 is 13.2 Å². The molecule has 1 aromatic rings. The number of oxazole rings is 1. The molecule has 22 heavy (non-hydrogen) atoms. The number of carbonyl (C=O) groups excluding carboxylic acids is 1. The summed E-state index contributed by atoms with van der Waals surface area (Å²) >= 11 is 0. The first kappa shape index (κ1) is 16.8. The molecule has 0 bridgehead atoms. The second-order valence-electron chi connectivity index (χ2n) is 7.28. The van der Waals surface area contributed by atoms with Gasteiger partial charge in [0.05, 0.1) is 17.4 Å². The van der Waals surface area contributed by atoms with Crippen LogP contribution in [0.4, 0.5) is 10.7 Å². The van der Waals surface area contributed by atoms with E-state index in [1.165, 1.54) is 6.20 Å². The molecule has 1 amide bonds. The molecule has 122 valence electrons. The van der Waals surface area contributed by atoms with Crippen LogP contribution >= 0.6 is 0 Å². The summed E-state index contributed by atoms with van der Waals surface area (Å²) in [5, 5.41) is 2.48. The topological polar surface area (TPSA) is 82.8 Å². The lowest BCUT2D eigenvalue weighted by Crippen LogP contribution is -2.41. The number of aromatic nitrogens is 1. The molecular weight excluding hydrogens is 287 g/mol. The molecule has 8 heteroatoms. The van der Waals surface area contributed by atoms with Crippen LogP contribution in [0.25, 0.3) is 0 Å². The van der Waals surface area contributed by atoms with E-state index in [1.807, 2.05) is 27.7 Å².